The number of nitrogens with one attached hydrogen (secondary N) is 2. The first kappa shape index (κ1) is 13.4. The number of carboxylic acid groups (broad SMARTS) is 1. The van der Waals surface area contributed by atoms with Crippen LogP contribution in [0.25, 0.3) is 0 Å². The summed E-state index contributed by atoms with van der Waals surface area (Å²) in [5.41, 5.74) is 0.624. The van der Waals surface area contributed by atoms with E-state index in [0.29, 0.717) is 17.1 Å². The average molecular weight is 281 g/mol. The molecule has 0 aromatic heterocycles. The third-order valence-electron chi connectivity index (χ3n) is 2.82. The Kier molecular flexibility index (Phi) is 4.06. The van der Waals surface area contributed by atoms with E-state index in [1.165, 1.54) is 0 Å². The highest BCUT2D eigenvalue weighted by Gasteiger charge is 2.25. The number of aliphatic carboxylic acids is 1. The average Bonchev–Trinajstić information content (AvgIpc) is 2.80. The second-order valence-electron chi connectivity index (χ2n) is 4.28. The van der Waals surface area contributed by atoms with Gasteiger partial charge in [0.2, 0.25) is 0 Å². The highest BCUT2D eigenvalue weighted by atomic mass is 35.5. The first-order valence-corrected chi connectivity index (χ1v) is 6.16. The molecule has 0 aliphatic heterocycles. The number of rotatable bonds is 3. The SMILES string of the molecule is O=C(Nc1ccc(Cl)cc1)NC1C=CC(C(=O)O)C1. The minimum Gasteiger partial charge on any atom is -0.481 e. The van der Waals surface area contributed by atoms with E-state index >= 15 is 0 Å². The number of halogens is 1. The fourth-order valence-electron chi connectivity index (χ4n) is 1.86. The van der Waals surface area contributed by atoms with Crippen molar-refractivity contribution in [3.63, 3.8) is 0 Å². The lowest BCUT2D eigenvalue weighted by Gasteiger charge is -2.13. The molecule has 1 aliphatic rings. The summed E-state index contributed by atoms with van der Waals surface area (Å²) in [7, 11) is 0. The number of anilines is 1. The normalized spacial score (nSPS) is 21.1. The Labute approximate surface area is 115 Å². The van der Waals surface area contributed by atoms with Crippen molar-refractivity contribution in [2.45, 2.75) is 12.5 Å². The molecule has 100 valence electrons. The van der Waals surface area contributed by atoms with E-state index in [9.17, 15) is 9.59 Å². The van der Waals surface area contributed by atoms with Gasteiger partial charge in [0, 0.05) is 10.7 Å². The van der Waals surface area contributed by atoms with Crippen molar-refractivity contribution >= 4 is 29.3 Å². The monoisotopic (exact) mass is 280 g/mol. The van der Waals surface area contributed by atoms with E-state index in [1.807, 2.05) is 0 Å². The topological polar surface area (TPSA) is 78.4 Å². The molecular weight excluding hydrogens is 268 g/mol. The van der Waals surface area contributed by atoms with Crippen LogP contribution in [0.5, 0.6) is 0 Å². The van der Waals surface area contributed by atoms with Gasteiger partial charge in [0.1, 0.15) is 0 Å². The zero-order chi connectivity index (χ0) is 13.8. The molecule has 2 rings (SSSR count). The minimum atomic E-state index is -0.876. The maximum Gasteiger partial charge on any atom is 0.319 e. The largest absolute Gasteiger partial charge is 0.481 e. The van der Waals surface area contributed by atoms with Crippen molar-refractivity contribution in [1.82, 2.24) is 5.32 Å². The van der Waals surface area contributed by atoms with Crippen molar-refractivity contribution in [3.05, 3.63) is 41.4 Å². The van der Waals surface area contributed by atoms with E-state index in [-0.39, 0.29) is 12.1 Å². The van der Waals surface area contributed by atoms with Crippen LogP contribution in [0, 0.1) is 5.92 Å². The lowest BCUT2D eigenvalue weighted by Crippen LogP contribution is -2.36. The highest BCUT2D eigenvalue weighted by Crippen LogP contribution is 2.18. The number of urea groups is 1. The molecule has 2 amide bonds. The summed E-state index contributed by atoms with van der Waals surface area (Å²) in [6, 6.07) is 6.09. The van der Waals surface area contributed by atoms with Crippen LogP contribution < -0.4 is 10.6 Å². The molecule has 5 nitrogen and oxygen atoms in total. The van der Waals surface area contributed by atoms with Gasteiger partial charge in [-0.1, -0.05) is 23.8 Å². The van der Waals surface area contributed by atoms with Gasteiger partial charge >= 0.3 is 12.0 Å². The lowest BCUT2D eigenvalue weighted by atomic mass is 10.1. The van der Waals surface area contributed by atoms with Gasteiger partial charge in [-0.05, 0) is 30.7 Å². The number of carbonyl (C=O) groups is 2. The van der Waals surface area contributed by atoms with Gasteiger partial charge in [-0.25, -0.2) is 4.79 Å². The highest BCUT2D eigenvalue weighted by molar-refractivity contribution is 6.30. The smallest absolute Gasteiger partial charge is 0.319 e. The van der Waals surface area contributed by atoms with Crippen LogP contribution in [-0.2, 0) is 4.79 Å². The van der Waals surface area contributed by atoms with Gasteiger partial charge in [0.25, 0.3) is 0 Å². The third kappa shape index (κ3) is 3.72. The summed E-state index contributed by atoms with van der Waals surface area (Å²) in [6.45, 7) is 0. The minimum absolute atomic E-state index is 0.256. The Hall–Kier alpha value is -2.01. The number of carboxylic acids is 1. The molecule has 3 N–H and O–H groups in total. The first-order chi connectivity index (χ1) is 9.04. The van der Waals surface area contributed by atoms with Crippen LogP contribution in [0.1, 0.15) is 6.42 Å². The van der Waals surface area contributed by atoms with Crippen LogP contribution in [0.2, 0.25) is 5.02 Å². The molecule has 0 spiro atoms. The van der Waals surface area contributed by atoms with E-state index in [4.69, 9.17) is 16.7 Å². The Morgan fingerprint density at radius 1 is 1.21 bits per heavy atom. The molecule has 2 atom stereocenters. The summed E-state index contributed by atoms with van der Waals surface area (Å²) in [6.07, 6.45) is 3.67. The molecule has 0 heterocycles. The quantitative estimate of drug-likeness (QED) is 0.744. The zero-order valence-electron chi connectivity index (χ0n) is 9.97. The Balaban J connectivity index is 1.84. The summed E-state index contributed by atoms with van der Waals surface area (Å²) in [5, 5.41) is 14.8. The Bertz CT molecular complexity index is 513. The summed E-state index contributed by atoms with van der Waals surface area (Å²) < 4.78 is 0. The van der Waals surface area contributed by atoms with Crippen LogP contribution in [0.3, 0.4) is 0 Å². The number of amides is 2. The lowest BCUT2D eigenvalue weighted by molar-refractivity contribution is -0.140. The van der Waals surface area contributed by atoms with Crippen molar-refractivity contribution in [3.8, 4) is 0 Å². The molecule has 1 aromatic rings. The predicted octanol–water partition coefficient (Wildman–Crippen LogP) is 2.49. The van der Waals surface area contributed by atoms with Gasteiger partial charge in [-0.3, -0.25) is 4.79 Å². The molecule has 0 fully saturated rings. The molecule has 0 saturated carbocycles. The number of hydrogen-bond acceptors (Lipinski definition) is 2. The van der Waals surface area contributed by atoms with E-state index < -0.39 is 11.9 Å². The van der Waals surface area contributed by atoms with Gasteiger partial charge in [-0.2, -0.15) is 0 Å². The standard InChI is InChI=1S/C13H13ClN2O3/c14-9-2-5-10(6-3-9)15-13(19)16-11-4-1-8(7-11)12(17)18/h1-6,8,11H,7H2,(H,17,18)(H2,15,16,19). The van der Waals surface area contributed by atoms with Crippen molar-refractivity contribution in [2.24, 2.45) is 5.92 Å². The van der Waals surface area contributed by atoms with Crippen LogP contribution in [0.4, 0.5) is 10.5 Å². The molecule has 19 heavy (non-hydrogen) atoms. The summed E-state index contributed by atoms with van der Waals surface area (Å²) in [5.74, 6) is -1.40. The summed E-state index contributed by atoms with van der Waals surface area (Å²) in [4.78, 5) is 22.5. The molecule has 0 bridgehead atoms. The maximum absolute atomic E-state index is 11.7. The third-order valence-corrected chi connectivity index (χ3v) is 3.07. The number of benzene rings is 1. The van der Waals surface area contributed by atoms with Gasteiger partial charge in [-0.15, -0.1) is 0 Å². The Morgan fingerprint density at radius 3 is 2.47 bits per heavy atom. The molecule has 0 saturated heterocycles. The second-order valence-corrected chi connectivity index (χ2v) is 4.71. The van der Waals surface area contributed by atoms with Crippen molar-refractivity contribution in [2.75, 3.05) is 5.32 Å². The van der Waals surface area contributed by atoms with E-state index in [2.05, 4.69) is 10.6 Å². The van der Waals surface area contributed by atoms with Crippen LogP contribution in [0.15, 0.2) is 36.4 Å². The van der Waals surface area contributed by atoms with Crippen molar-refractivity contribution in [1.29, 1.82) is 0 Å². The van der Waals surface area contributed by atoms with Crippen molar-refractivity contribution < 1.29 is 14.7 Å². The molecule has 0 radical (unpaired) electrons. The summed E-state index contributed by atoms with van der Waals surface area (Å²) >= 11 is 5.74. The fraction of sp³-hybridized carbons (Fsp3) is 0.231. The molecule has 6 heteroatoms. The van der Waals surface area contributed by atoms with Gasteiger partial charge < -0.3 is 15.7 Å². The second kappa shape index (κ2) is 5.75. The predicted molar refractivity (Wildman–Crippen MR) is 72.3 cm³/mol. The molecule has 1 aliphatic carbocycles. The first-order valence-electron chi connectivity index (χ1n) is 5.79. The molecule has 2 unspecified atom stereocenters. The molecule has 1 aromatic carbocycles. The van der Waals surface area contributed by atoms with E-state index in [0.717, 1.165) is 0 Å². The number of hydrogen-bond donors (Lipinski definition) is 3. The van der Waals surface area contributed by atoms with Gasteiger partial charge in [0.05, 0.1) is 12.0 Å². The maximum atomic E-state index is 11.7. The fourth-order valence-corrected chi connectivity index (χ4v) is 1.98. The van der Waals surface area contributed by atoms with Crippen LogP contribution in [-0.4, -0.2) is 23.1 Å². The molecular formula is C13H13ClN2O3. The zero-order valence-corrected chi connectivity index (χ0v) is 10.7. The van der Waals surface area contributed by atoms with Crippen LogP contribution >= 0.6 is 11.6 Å². The number of carbonyl (C=O) groups excluding carboxylic acids is 1. The van der Waals surface area contributed by atoms with Gasteiger partial charge in [0.15, 0.2) is 0 Å². The Morgan fingerprint density at radius 2 is 1.89 bits per heavy atom. The van der Waals surface area contributed by atoms with E-state index in [1.54, 1.807) is 36.4 Å².